The number of nitrogens with zero attached hydrogens (tertiary/aromatic N) is 1. The molecule has 0 aromatic carbocycles. The third-order valence-corrected chi connectivity index (χ3v) is 1.31. The number of hydrazine groups is 1. The molecule has 0 fully saturated rings. The fourth-order valence-corrected chi connectivity index (χ4v) is 0.653. The lowest BCUT2D eigenvalue weighted by Gasteiger charge is -2.14. The minimum absolute atomic E-state index is 0. The second-order valence-electron chi connectivity index (χ2n) is 2.29. The molecule has 0 aromatic heterocycles. The maximum Gasteiger partial charge on any atom is 0.202 e. The van der Waals surface area contributed by atoms with Crippen LogP contribution in [0.1, 0.15) is 26.2 Å². The van der Waals surface area contributed by atoms with Crippen LogP contribution in [0.3, 0.4) is 0 Å². The third kappa shape index (κ3) is 7.86. The van der Waals surface area contributed by atoms with Crippen molar-refractivity contribution in [1.29, 1.82) is 5.41 Å². The first-order chi connectivity index (χ1) is 4.68. The summed E-state index contributed by atoms with van der Waals surface area (Å²) in [4.78, 5) is 0. The highest BCUT2D eigenvalue weighted by Crippen LogP contribution is 1.93. The Bertz CT molecular complexity index is 107. The Kier molecular flexibility index (Phi) is 9.92. The van der Waals surface area contributed by atoms with Crippen LogP contribution >= 0.6 is 24.0 Å². The Labute approximate surface area is 84.8 Å². The Morgan fingerprint density at radius 2 is 2.00 bits per heavy atom. The van der Waals surface area contributed by atoms with E-state index in [1.165, 1.54) is 5.01 Å². The minimum atomic E-state index is -0.0592. The molecule has 0 heterocycles. The molecule has 0 aliphatic carbocycles. The minimum Gasteiger partial charge on any atom is -0.369 e. The molecular weight excluding hydrogens is 255 g/mol. The van der Waals surface area contributed by atoms with Crippen molar-refractivity contribution in [1.82, 2.24) is 5.01 Å². The number of rotatable bonds is 4. The fraction of sp³-hybridized carbons (Fsp3) is 0.833. The standard InChI is InChI=1S/C6H16N4.HI/c1-2-3-4-5-10(9)6(7)8;/h2-5,9H2,1H3,(H3,7,8);1H. The summed E-state index contributed by atoms with van der Waals surface area (Å²) < 4.78 is 0. The van der Waals surface area contributed by atoms with Gasteiger partial charge < -0.3 is 5.73 Å². The Hall–Kier alpha value is -0.0400. The summed E-state index contributed by atoms with van der Waals surface area (Å²) in [6, 6.07) is 0. The van der Waals surface area contributed by atoms with Gasteiger partial charge in [0, 0.05) is 6.54 Å². The predicted molar refractivity (Wildman–Crippen MR) is 57.7 cm³/mol. The third-order valence-electron chi connectivity index (χ3n) is 1.31. The molecule has 0 saturated carbocycles. The van der Waals surface area contributed by atoms with Crippen molar-refractivity contribution in [3.05, 3.63) is 0 Å². The monoisotopic (exact) mass is 272 g/mol. The Morgan fingerprint density at radius 3 is 2.36 bits per heavy atom. The SMILES string of the molecule is CCCCCN(N)C(=N)N.I. The van der Waals surface area contributed by atoms with Crippen LogP contribution < -0.4 is 11.6 Å². The van der Waals surface area contributed by atoms with Gasteiger partial charge in [0.15, 0.2) is 0 Å². The van der Waals surface area contributed by atoms with Crippen LogP contribution in [0.25, 0.3) is 0 Å². The maximum absolute atomic E-state index is 6.91. The largest absolute Gasteiger partial charge is 0.369 e. The molecule has 11 heavy (non-hydrogen) atoms. The van der Waals surface area contributed by atoms with Gasteiger partial charge in [-0.15, -0.1) is 24.0 Å². The lowest BCUT2D eigenvalue weighted by atomic mass is 10.2. The second-order valence-corrected chi connectivity index (χ2v) is 2.29. The van der Waals surface area contributed by atoms with Gasteiger partial charge in [0.1, 0.15) is 0 Å². The van der Waals surface area contributed by atoms with Crippen molar-refractivity contribution in [3.8, 4) is 0 Å². The lowest BCUT2D eigenvalue weighted by molar-refractivity contribution is 0.414. The van der Waals surface area contributed by atoms with E-state index in [0.29, 0.717) is 6.54 Å². The van der Waals surface area contributed by atoms with Gasteiger partial charge in [0.2, 0.25) is 5.96 Å². The van der Waals surface area contributed by atoms with E-state index in [0.717, 1.165) is 19.3 Å². The predicted octanol–water partition coefficient (Wildman–Crippen LogP) is 0.864. The summed E-state index contributed by atoms with van der Waals surface area (Å²) in [7, 11) is 0. The van der Waals surface area contributed by atoms with Crippen molar-refractivity contribution < 1.29 is 0 Å². The van der Waals surface area contributed by atoms with Crippen LogP contribution in [-0.2, 0) is 0 Å². The van der Waals surface area contributed by atoms with E-state index in [4.69, 9.17) is 17.0 Å². The molecule has 4 nitrogen and oxygen atoms in total. The molecule has 0 saturated heterocycles. The average Bonchev–Trinajstić information content (AvgIpc) is 1.88. The molecule has 0 unspecified atom stereocenters. The van der Waals surface area contributed by atoms with Gasteiger partial charge in [-0.05, 0) is 6.42 Å². The number of unbranched alkanes of at least 4 members (excludes halogenated alkanes) is 2. The normalized spacial score (nSPS) is 8.55. The molecule has 0 rings (SSSR count). The number of halogens is 1. The number of nitrogens with one attached hydrogen (secondary N) is 1. The molecule has 5 N–H and O–H groups in total. The van der Waals surface area contributed by atoms with Crippen molar-refractivity contribution >= 4 is 29.9 Å². The summed E-state index contributed by atoms with van der Waals surface area (Å²) in [6.07, 6.45) is 3.30. The quantitative estimate of drug-likeness (QED) is 0.177. The number of hydrogen-bond acceptors (Lipinski definition) is 2. The van der Waals surface area contributed by atoms with E-state index in [-0.39, 0.29) is 29.9 Å². The van der Waals surface area contributed by atoms with Crippen LogP contribution in [-0.4, -0.2) is 17.5 Å². The first-order valence-corrected chi connectivity index (χ1v) is 3.54. The topological polar surface area (TPSA) is 79.1 Å². The van der Waals surface area contributed by atoms with Gasteiger partial charge in [0.05, 0.1) is 0 Å². The summed E-state index contributed by atoms with van der Waals surface area (Å²) >= 11 is 0. The zero-order chi connectivity index (χ0) is 7.98. The van der Waals surface area contributed by atoms with E-state index in [9.17, 15) is 0 Å². The van der Waals surface area contributed by atoms with E-state index in [2.05, 4.69) is 6.92 Å². The Balaban J connectivity index is 0. The van der Waals surface area contributed by atoms with Crippen molar-refractivity contribution in [2.45, 2.75) is 26.2 Å². The van der Waals surface area contributed by atoms with Crippen LogP contribution in [0.5, 0.6) is 0 Å². The van der Waals surface area contributed by atoms with Gasteiger partial charge in [-0.2, -0.15) is 0 Å². The van der Waals surface area contributed by atoms with Crippen LogP contribution in [0.15, 0.2) is 0 Å². The molecule has 0 atom stereocenters. The zero-order valence-corrected chi connectivity index (χ0v) is 9.17. The van der Waals surface area contributed by atoms with E-state index < -0.39 is 0 Å². The molecule has 0 amide bonds. The van der Waals surface area contributed by atoms with Gasteiger partial charge in [-0.3, -0.25) is 10.4 Å². The number of guanidine groups is 1. The highest BCUT2D eigenvalue weighted by molar-refractivity contribution is 14.0. The van der Waals surface area contributed by atoms with Gasteiger partial charge in [-0.1, -0.05) is 19.8 Å². The fourth-order valence-electron chi connectivity index (χ4n) is 0.653. The summed E-state index contributed by atoms with van der Waals surface area (Å²) in [5.74, 6) is 5.28. The van der Waals surface area contributed by atoms with E-state index in [1.807, 2.05) is 0 Å². The molecule has 68 valence electrons. The highest BCUT2D eigenvalue weighted by Gasteiger charge is 1.97. The van der Waals surface area contributed by atoms with Crippen LogP contribution in [0.2, 0.25) is 0 Å². The lowest BCUT2D eigenvalue weighted by Crippen LogP contribution is -2.42. The molecule has 0 aromatic rings. The maximum atomic E-state index is 6.91. The van der Waals surface area contributed by atoms with Crippen molar-refractivity contribution in [2.75, 3.05) is 6.54 Å². The molecule has 5 heteroatoms. The molecule has 0 spiro atoms. The first kappa shape index (κ1) is 13.5. The molecule has 0 radical (unpaired) electrons. The average molecular weight is 272 g/mol. The molecular formula is C6H17IN4. The molecule has 0 aliphatic heterocycles. The van der Waals surface area contributed by atoms with Gasteiger partial charge in [0.25, 0.3) is 0 Å². The number of nitrogens with two attached hydrogens (primary N) is 2. The first-order valence-electron chi connectivity index (χ1n) is 3.54. The van der Waals surface area contributed by atoms with Crippen LogP contribution in [0, 0.1) is 5.41 Å². The number of hydrogen-bond donors (Lipinski definition) is 3. The van der Waals surface area contributed by atoms with Crippen LogP contribution in [0.4, 0.5) is 0 Å². The van der Waals surface area contributed by atoms with Crippen molar-refractivity contribution in [3.63, 3.8) is 0 Å². The molecule has 0 aliphatic rings. The van der Waals surface area contributed by atoms with Gasteiger partial charge >= 0.3 is 0 Å². The molecule has 0 bridgehead atoms. The van der Waals surface area contributed by atoms with Crippen molar-refractivity contribution in [2.24, 2.45) is 11.6 Å². The van der Waals surface area contributed by atoms with E-state index >= 15 is 0 Å². The smallest absolute Gasteiger partial charge is 0.202 e. The highest BCUT2D eigenvalue weighted by atomic mass is 127. The summed E-state index contributed by atoms with van der Waals surface area (Å²) in [5, 5.41) is 8.17. The second kappa shape index (κ2) is 8.06. The Morgan fingerprint density at radius 1 is 1.45 bits per heavy atom. The summed E-state index contributed by atoms with van der Waals surface area (Å²) in [5.41, 5.74) is 5.10. The van der Waals surface area contributed by atoms with Gasteiger partial charge in [-0.25, -0.2) is 5.84 Å². The zero-order valence-electron chi connectivity index (χ0n) is 6.84. The summed E-state index contributed by atoms with van der Waals surface area (Å²) in [6.45, 7) is 2.80. The van der Waals surface area contributed by atoms with E-state index in [1.54, 1.807) is 0 Å².